The number of para-hydroxylation sites is 1. The van der Waals surface area contributed by atoms with Crippen LogP contribution in [0.1, 0.15) is 57.4 Å². The summed E-state index contributed by atoms with van der Waals surface area (Å²) in [4.78, 5) is 24.4. The van der Waals surface area contributed by atoms with Gasteiger partial charge in [0, 0.05) is 13.1 Å². The third-order valence-electron chi connectivity index (χ3n) is 7.35. The van der Waals surface area contributed by atoms with E-state index in [1.807, 2.05) is 24.3 Å². The van der Waals surface area contributed by atoms with Gasteiger partial charge >= 0.3 is 11.9 Å². The van der Waals surface area contributed by atoms with Crippen molar-refractivity contribution in [1.29, 1.82) is 0 Å². The van der Waals surface area contributed by atoms with Crippen LogP contribution in [0.3, 0.4) is 0 Å². The molecule has 0 fully saturated rings. The predicted octanol–water partition coefficient (Wildman–Crippen LogP) is 7.05. The summed E-state index contributed by atoms with van der Waals surface area (Å²) in [5, 5.41) is 18.3. The van der Waals surface area contributed by atoms with Gasteiger partial charge in [-0.3, -0.25) is 9.69 Å². The van der Waals surface area contributed by atoms with Crippen molar-refractivity contribution in [3.8, 4) is 5.75 Å². The number of aromatic carboxylic acids is 1. The maximum atomic E-state index is 11.2. The van der Waals surface area contributed by atoms with Gasteiger partial charge in [0.15, 0.2) is 0 Å². The number of hydrogen-bond acceptors (Lipinski definition) is 4. The molecule has 0 unspecified atom stereocenters. The third-order valence-corrected chi connectivity index (χ3v) is 7.35. The second-order valence-corrected chi connectivity index (χ2v) is 10.6. The minimum atomic E-state index is -0.957. The largest absolute Gasteiger partial charge is 0.489 e. The fourth-order valence-corrected chi connectivity index (χ4v) is 4.93. The highest BCUT2D eigenvalue weighted by Crippen LogP contribution is 2.22. The van der Waals surface area contributed by atoms with Crippen molar-refractivity contribution in [3.05, 3.63) is 137 Å². The van der Waals surface area contributed by atoms with Crippen LogP contribution in [-0.4, -0.2) is 40.1 Å². The fourth-order valence-electron chi connectivity index (χ4n) is 4.93. The van der Waals surface area contributed by atoms with Crippen molar-refractivity contribution >= 4 is 11.9 Å². The van der Waals surface area contributed by atoms with Gasteiger partial charge in [-0.1, -0.05) is 84.9 Å². The van der Waals surface area contributed by atoms with Crippen LogP contribution in [0.15, 0.2) is 103 Å². The number of carboxylic acid groups (broad SMARTS) is 2. The summed E-state index contributed by atoms with van der Waals surface area (Å²) in [6.07, 6.45) is 4.83. The minimum absolute atomic E-state index is 0.0673. The van der Waals surface area contributed by atoms with E-state index < -0.39 is 11.9 Å². The van der Waals surface area contributed by atoms with Crippen LogP contribution in [0.5, 0.6) is 5.75 Å². The highest BCUT2D eigenvalue weighted by atomic mass is 16.5. The Hall–Kier alpha value is -4.42. The van der Waals surface area contributed by atoms with Crippen LogP contribution in [0.4, 0.5) is 0 Å². The standard InChI is InChI=1S/C36H39NO5/c38-35(39)23-25-37(26-30-19-21-33(22-20-30)36(40)41)24-7-6-11-32-10-4-5-12-34(32)42-27-31-17-15-29(16-18-31)14-13-28-8-2-1-3-9-28/h1-5,8-10,12,15-22H,6-7,11,13-14,23-27H2,(H,38,39)(H,40,41). The monoisotopic (exact) mass is 565 g/mol. The van der Waals surface area contributed by atoms with Gasteiger partial charge in [-0.05, 0) is 84.7 Å². The lowest BCUT2D eigenvalue weighted by molar-refractivity contribution is -0.137. The summed E-state index contributed by atoms with van der Waals surface area (Å²) >= 11 is 0. The molecule has 0 aliphatic heterocycles. The molecule has 0 atom stereocenters. The molecule has 2 N–H and O–H groups in total. The Bertz CT molecular complexity index is 1400. The molecule has 0 radical (unpaired) electrons. The maximum absolute atomic E-state index is 11.2. The molecule has 0 aromatic heterocycles. The average Bonchev–Trinajstić information content (AvgIpc) is 3.01. The van der Waals surface area contributed by atoms with E-state index in [1.54, 1.807) is 24.3 Å². The first-order valence-corrected chi connectivity index (χ1v) is 14.5. The second-order valence-electron chi connectivity index (χ2n) is 10.6. The Morgan fingerprint density at radius 3 is 1.93 bits per heavy atom. The van der Waals surface area contributed by atoms with E-state index in [9.17, 15) is 14.7 Å². The van der Waals surface area contributed by atoms with Gasteiger partial charge in [0.25, 0.3) is 0 Å². The molecule has 4 aromatic carbocycles. The lowest BCUT2D eigenvalue weighted by atomic mass is 10.0. The Balaban J connectivity index is 1.24. The van der Waals surface area contributed by atoms with E-state index >= 15 is 0 Å². The van der Waals surface area contributed by atoms with Crippen LogP contribution in [0.2, 0.25) is 0 Å². The van der Waals surface area contributed by atoms with Gasteiger partial charge in [0.1, 0.15) is 12.4 Å². The molecule has 0 saturated heterocycles. The quantitative estimate of drug-likeness (QED) is 0.133. The van der Waals surface area contributed by atoms with E-state index in [0.29, 0.717) is 19.7 Å². The first-order valence-electron chi connectivity index (χ1n) is 14.5. The molecule has 218 valence electrons. The lowest BCUT2D eigenvalue weighted by Gasteiger charge is -2.22. The number of nitrogens with zero attached hydrogens (tertiary/aromatic N) is 1. The number of aliphatic carboxylic acids is 1. The molecule has 0 saturated carbocycles. The predicted molar refractivity (Wildman–Crippen MR) is 165 cm³/mol. The number of aryl methyl sites for hydroxylation is 3. The zero-order valence-electron chi connectivity index (χ0n) is 24.0. The molecule has 4 rings (SSSR count). The molecule has 0 aliphatic rings. The molecule has 4 aromatic rings. The molecule has 0 bridgehead atoms. The summed E-state index contributed by atoms with van der Waals surface area (Å²) in [6, 6.07) is 34.1. The Labute approximate surface area is 248 Å². The van der Waals surface area contributed by atoms with Gasteiger partial charge in [-0.25, -0.2) is 4.79 Å². The number of carbonyl (C=O) groups is 2. The Morgan fingerprint density at radius 1 is 0.619 bits per heavy atom. The van der Waals surface area contributed by atoms with Gasteiger partial charge < -0.3 is 14.9 Å². The van der Waals surface area contributed by atoms with Gasteiger partial charge in [0.2, 0.25) is 0 Å². The Kier molecular flexibility index (Phi) is 11.7. The summed E-state index contributed by atoms with van der Waals surface area (Å²) < 4.78 is 6.22. The van der Waals surface area contributed by atoms with E-state index in [0.717, 1.165) is 55.5 Å². The van der Waals surface area contributed by atoms with Crippen molar-refractivity contribution < 1.29 is 24.5 Å². The van der Waals surface area contributed by atoms with Crippen molar-refractivity contribution in [3.63, 3.8) is 0 Å². The molecular weight excluding hydrogens is 526 g/mol. The number of benzene rings is 4. The highest BCUT2D eigenvalue weighted by Gasteiger charge is 2.11. The molecule has 0 amide bonds. The molecule has 0 spiro atoms. The number of rotatable bonds is 17. The van der Waals surface area contributed by atoms with Crippen molar-refractivity contribution in [1.82, 2.24) is 4.90 Å². The maximum Gasteiger partial charge on any atom is 0.335 e. The SMILES string of the molecule is O=C(O)CCN(CCCCc1ccccc1OCc1ccc(CCc2ccccc2)cc1)Cc1ccc(C(=O)O)cc1. The topological polar surface area (TPSA) is 87.1 Å². The van der Waals surface area contributed by atoms with E-state index in [1.165, 1.54) is 16.7 Å². The Morgan fingerprint density at radius 2 is 1.24 bits per heavy atom. The zero-order chi connectivity index (χ0) is 29.6. The molecule has 0 aliphatic carbocycles. The molecule has 0 heterocycles. The number of carboxylic acids is 2. The van der Waals surface area contributed by atoms with Crippen molar-refractivity contribution in [2.75, 3.05) is 13.1 Å². The van der Waals surface area contributed by atoms with E-state index in [4.69, 9.17) is 9.84 Å². The third kappa shape index (κ3) is 10.2. The van der Waals surface area contributed by atoms with Gasteiger partial charge in [-0.2, -0.15) is 0 Å². The molecule has 6 heteroatoms. The van der Waals surface area contributed by atoms with Gasteiger partial charge in [0.05, 0.1) is 12.0 Å². The summed E-state index contributed by atoms with van der Waals surface area (Å²) in [5.74, 6) is -0.887. The van der Waals surface area contributed by atoms with E-state index in [-0.39, 0.29) is 12.0 Å². The number of ether oxygens (including phenoxy) is 1. The molecular formula is C36H39NO5. The van der Waals surface area contributed by atoms with Crippen LogP contribution >= 0.6 is 0 Å². The first kappa shape index (κ1) is 30.5. The number of unbranched alkanes of at least 4 members (excludes halogenated alkanes) is 1. The summed E-state index contributed by atoms with van der Waals surface area (Å²) in [5.41, 5.74) is 6.18. The van der Waals surface area contributed by atoms with Crippen molar-refractivity contribution in [2.24, 2.45) is 0 Å². The fraction of sp³-hybridized carbons (Fsp3) is 0.278. The smallest absolute Gasteiger partial charge is 0.335 e. The van der Waals surface area contributed by atoms with Crippen molar-refractivity contribution in [2.45, 2.75) is 51.7 Å². The summed E-state index contributed by atoms with van der Waals surface area (Å²) in [6.45, 7) is 2.30. The summed E-state index contributed by atoms with van der Waals surface area (Å²) in [7, 11) is 0. The second kappa shape index (κ2) is 16.1. The lowest BCUT2D eigenvalue weighted by Crippen LogP contribution is -2.27. The van der Waals surface area contributed by atoms with Gasteiger partial charge in [-0.15, -0.1) is 0 Å². The number of hydrogen-bond donors (Lipinski definition) is 2. The normalized spacial score (nSPS) is 11.0. The average molecular weight is 566 g/mol. The minimum Gasteiger partial charge on any atom is -0.489 e. The first-order chi connectivity index (χ1) is 20.5. The molecule has 6 nitrogen and oxygen atoms in total. The van der Waals surface area contributed by atoms with E-state index in [2.05, 4.69) is 59.5 Å². The van der Waals surface area contributed by atoms with Crippen LogP contribution in [-0.2, 0) is 37.2 Å². The van der Waals surface area contributed by atoms with Crippen LogP contribution in [0.25, 0.3) is 0 Å². The highest BCUT2D eigenvalue weighted by molar-refractivity contribution is 5.87. The molecule has 42 heavy (non-hydrogen) atoms. The van der Waals surface area contributed by atoms with Crippen LogP contribution < -0.4 is 4.74 Å². The zero-order valence-corrected chi connectivity index (χ0v) is 24.0. The van der Waals surface area contributed by atoms with Crippen LogP contribution in [0, 0.1) is 0 Å².